The average molecular weight is 438 g/mol. The van der Waals surface area contributed by atoms with Gasteiger partial charge in [0.2, 0.25) is 4.77 Å². The largest absolute Gasteiger partial charge is 0.250 e. The number of H-pyrrole nitrogens is 1. The zero-order valence-corrected chi connectivity index (χ0v) is 15.2. The van der Waals surface area contributed by atoms with Gasteiger partial charge in [-0.25, -0.2) is 5.10 Å². The molecule has 2 aromatic carbocycles. The first-order chi connectivity index (χ1) is 10.6. The maximum atomic E-state index is 5.26. The molecule has 0 unspecified atom stereocenters. The van der Waals surface area contributed by atoms with Gasteiger partial charge in [0, 0.05) is 14.5 Å². The molecule has 22 heavy (non-hydrogen) atoms. The van der Waals surface area contributed by atoms with E-state index in [1.165, 1.54) is 0 Å². The summed E-state index contributed by atoms with van der Waals surface area (Å²) >= 11 is 12.2. The third-order valence-corrected chi connectivity index (χ3v) is 4.44. The maximum Gasteiger partial charge on any atom is 0.216 e. The second-order valence-corrected chi connectivity index (χ2v) is 6.60. The van der Waals surface area contributed by atoms with Gasteiger partial charge < -0.3 is 0 Å². The van der Waals surface area contributed by atoms with Gasteiger partial charge in [0.25, 0.3) is 0 Å². The molecule has 0 radical (unpaired) electrons. The van der Waals surface area contributed by atoms with Crippen LogP contribution in [0.5, 0.6) is 0 Å². The predicted molar refractivity (Wildman–Crippen MR) is 97.7 cm³/mol. The van der Waals surface area contributed by atoms with Crippen LogP contribution in [-0.4, -0.2) is 21.1 Å². The zero-order valence-electron chi connectivity index (χ0n) is 11.2. The van der Waals surface area contributed by atoms with Gasteiger partial charge in [0.1, 0.15) is 0 Å². The lowest BCUT2D eigenvalue weighted by atomic mass is 10.2. The van der Waals surface area contributed by atoms with Gasteiger partial charge in [0.05, 0.1) is 6.21 Å². The summed E-state index contributed by atoms with van der Waals surface area (Å²) in [6.07, 6.45) is 1.75. The summed E-state index contributed by atoms with van der Waals surface area (Å²) in [5, 5.41) is 11.5. The van der Waals surface area contributed by atoms with Gasteiger partial charge in [-0.2, -0.15) is 14.9 Å². The number of aromatic nitrogens is 3. The van der Waals surface area contributed by atoms with Gasteiger partial charge >= 0.3 is 0 Å². The standard InChI is InChI=1S/C15H10Br2N4S/c16-11-7-5-10(6-8-11)9-18-21-14(19-20-15(21)22)12-3-1-2-4-13(12)17/h1-9H,(H,20,22). The Morgan fingerprint density at radius 2 is 1.82 bits per heavy atom. The molecule has 1 heterocycles. The summed E-state index contributed by atoms with van der Waals surface area (Å²) in [7, 11) is 0. The Hall–Kier alpha value is -1.57. The predicted octanol–water partition coefficient (Wildman–Crippen LogP) is 5.01. The molecule has 0 atom stereocenters. The quantitative estimate of drug-likeness (QED) is 0.462. The Labute approximate surface area is 149 Å². The summed E-state index contributed by atoms with van der Waals surface area (Å²) in [4.78, 5) is 0. The van der Waals surface area contributed by atoms with Crippen LogP contribution in [0.4, 0.5) is 0 Å². The number of nitrogens with one attached hydrogen (secondary N) is 1. The molecular formula is C15H10Br2N4S. The highest BCUT2D eigenvalue weighted by Gasteiger charge is 2.10. The third kappa shape index (κ3) is 3.26. The monoisotopic (exact) mass is 436 g/mol. The van der Waals surface area contributed by atoms with Crippen LogP contribution in [0.25, 0.3) is 11.4 Å². The van der Waals surface area contributed by atoms with Crippen LogP contribution >= 0.6 is 44.1 Å². The van der Waals surface area contributed by atoms with Crippen molar-refractivity contribution in [3.8, 4) is 11.4 Å². The minimum absolute atomic E-state index is 0.444. The SMILES string of the molecule is S=c1[nH]nc(-c2ccccc2Br)n1N=Cc1ccc(Br)cc1. The highest BCUT2D eigenvalue weighted by atomic mass is 79.9. The third-order valence-electron chi connectivity index (χ3n) is 2.96. The minimum Gasteiger partial charge on any atom is -0.250 e. The van der Waals surface area contributed by atoms with Crippen LogP contribution in [0.1, 0.15) is 5.56 Å². The van der Waals surface area contributed by atoms with Crippen LogP contribution in [0, 0.1) is 4.77 Å². The van der Waals surface area contributed by atoms with E-state index in [1.54, 1.807) is 10.9 Å². The Morgan fingerprint density at radius 1 is 1.09 bits per heavy atom. The van der Waals surface area contributed by atoms with Crippen LogP contribution in [-0.2, 0) is 0 Å². The number of nitrogens with zero attached hydrogens (tertiary/aromatic N) is 3. The summed E-state index contributed by atoms with van der Waals surface area (Å²) in [6.45, 7) is 0. The Kier molecular flexibility index (Phi) is 4.66. The Balaban J connectivity index is 2.02. The van der Waals surface area contributed by atoms with Gasteiger partial charge in [-0.3, -0.25) is 0 Å². The second-order valence-electron chi connectivity index (χ2n) is 4.44. The molecule has 110 valence electrons. The van der Waals surface area contributed by atoms with Gasteiger partial charge in [-0.05, 0) is 42.0 Å². The maximum absolute atomic E-state index is 5.26. The summed E-state index contributed by atoms with van der Waals surface area (Å²) < 4.78 is 4.01. The Bertz CT molecular complexity index is 881. The van der Waals surface area contributed by atoms with Crippen molar-refractivity contribution in [2.75, 3.05) is 0 Å². The lowest BCUT2D eigenvalue weighted by Gasteiger charge is -2.03. The van der Waals surface area contributed by atoms with Crippen LogP contribution < -0.4 is 0 Å². The molecule has 7 heteroatoms. The molecule has 0 saturated heterocycles. The molecule has 0 spiro atoms. The van der Waals surface area contributed by atoms with E-state index in [-0.39, 0.29) is 0 Å². The molecule has 0 fully saturated rings. The molecule has 1 N–H and O–H groups in total. The van der Waals surface area contributed by atoms with E-state index in [2.05, 4.69) is 47.2 Å². The van der Waals surface area contributed by atoms with Gasteiger partial charge in [0.15, 0.2) is 5.82 Å². The van der Waals surface area contributed by atoms with Crippen LogP contribution in [0.15, 0.2) is 62.6 Å². The molecule has 0 amide bonds. The van der Waals surface area contributed by atoms with Crippen LogP contribution in [0.3, 0.4) is 0 Å². The van der Waals surface area contributed by atoms with E-state index in [9.17, 15) is 0 Å². The molecule has 4 nitrogen and oxygen atoms in total. The van der Waals surface area contributed by atoms with Crippen molar-refractivity contribution in [1.82, 2.24) is 14.9 Å². The number of benzene rings is 2. The summed E-state index contributed by atoms with van der Waals surface area (Å²) in [5.74, 6) is 0.658. The van der Waals surface area contributed by atoms with E-state index in [0.717, 1.165) is 20.1 Å². The van der Waals surface area contributed by atoms with Crippen molar-refractivity contribution >= 4 is 50.3 Å². The minimum atomic E-state index is 0.444. The van der Waals surface area contributed by atoms with Crippen molar-refractivity contribution in [2.24, 2.45) is 5.10 Å². The van der Waals surface area contributed by atoms with E-state index < -0.39 is 0 Å². The van der Waals surface area contributed by atoms with Gasteiger partial charge in [-0.1, -0.05) is 56.1 Å². The number of hydrogen-bond acceptors (Lipinski definition) is 3. The van der Waals surface area contributed by atoms with Crippen molar-refractivity contribution < 1.29 is 0 Å². The first kappa shape index (κ1) is 15.3. The number of hydrogen-bond donors (Lipinski definition) is 1. The molecular weight excluding hydrogens is 428 g/mol. The van der Waals surface area contributed by atoms with Crippen molar-refractivity contribution in [3.63, 3.8) is 0 Å². The first-order valence-corrected chi connectivity index (χ1v) is 8.37. The summed E-state index contributed by atoms with van der Waals surface area (Å²) in [5.41, 5.74) is 1.90. The fourth-order valence-corrected chi connectivity index (χ4v) is 2.79. The normalized spacial score (nSPS) is 11.2. The fourth-order valence-electron chi connectivity index (χ4n) is 1.89. The molecule has 0 bridgehead atoms. The molecule has 3 aromatic rings. The molecule has 1 aromatic heterocycles. The van der Waals surface area contributed by atoms with E-state index >= 15 is 0 Å². The van der Waals surface area contributed by atoms with Crippen molar-refractivity contribution in [2.45, 2.75) is 0 Å². The van der Waals surface area contributed by atoms with E-state index in [4.69, 9.17) is 12.2 Å². The second kappa shape index (κ2) is 6.68. The molecule has 3 rings (SSSR count). The zero-order chi connectivity index (χ0) is 15.5. The molecule has 0 aliphatic rings. The number of rotatable bonds is 3. The van der Waals surface area contributed by atoms with Gasteiger partial charge in [-0.15, -0.1) is 0 Å². The lowest BCUT2D eigenvalue weighted by Crippen LogP contribution is -1.95. The molecule has 0 aliphatic carbocycles. The average Bonchev–Trinajstić information content (AvgIpc) is 2.88. The van der Waals surface area contributed by atoms with Crippen LogP contribution in [0.2, 0.25) is 0 Å². The molecule has 0 aliphatic heterocycles. The topological polar surface area (TPSA) is 46.0 Å². The smallest absolute Gasteiger partial charge is 0.216 e. The molecule has 0 saturated carbocycles. The van der Waals surface area contributed by atoms with E-state index in [1.807, 2.05) is 48.5 Å². The fraction of sp³-hybridized carbons (Fsp3) is 0. The number of halogens is 2. The van der Waals surface area contributed by atoms with Crippen molar-refractivity contribution in [1.29, 1.82) is 0 Å². The summed E-state index contributed by atoms with van der Waals surface area (Å²) in [6, 6.07) is 15.7. The van der Waals surface area contributed by atoms with Crippen molar-refractivity contribution in [3.05, 3.63) is 67.8 Å². The Morgan fingerprint density at radius 3 is 2.55 bits per heavy atom. The lowest BCUT2D eigenvalue weighted by molar-refractivity contribution is 0.871. The van der Waals surface area contributed by atoms with E-state index in [0.29, 0.717) is 10.6 Å². The first-order valence-electron chi connectivity index (χ1n) is 6.37. The highest BCUT2D eigenvalue weighted by Crippen LogP contribution is 2.26. The highest BCUT2D eigenvalue weighted by molar-refractivity contribution is 9.10. The number of aromatic amines is 1.